The van der Waals surface area contributed by atoms with Gasteiger partial charge in [-0.2, -0.15) is 13.2 Å². The van der Waals surface area contributed by atoms with Gasteiger partial charge in [-0.25, -0.2) is 13.4 Å². The first-order valence-electron chi connectivity index (χ1n) is 11.0. The van der Waals surface area contributed by atoms with Crippen LogP contribution in [0.1, 0.15) is 21.5 Å². The number of nitrogens with one attached hydrogen (secondary N) is 2. The predicted octanol–water partition coefficient (Wildman–Crippen LogP) is 5.48. The molecule has 0 spiro atoms. The summed E-state index contributed by atoms with van der Waals surface area (Å²) in [6.45, 7) is 4.97. The number of aryl methyl sites for hydroxylation is 1. The number of halogens is 4. The lowest BCUT2D eigenvalue weighted by Crippen LogP contribution is -2.22. The van der Waals surface area contributed by atoms with Gasteiger partial charge in [-0.1, -0.05) is 18.2 Å². The van der Waals surface area contributed by atoms with E-state index in [0.717, 1.165) is 18.2 Å². The number of nitrogens with zero attached hydrogens (tertiary/aromatic N) is 2. The second-order valence-corrected chi connectivity index (χ2v) is 10.4. The van der Waals surface area contributed by atoms with E-state index in [4.69, 9.17) is 16.3 Å². The van der Waals surface area contributed by atoms with E-state index in [1.807, 2.05) is 0 Å². The lowest BCUT2D eigenvalue weighted by Gasteiger charge is -2.18. The second-order valence-electron chi connectivity index (χ2n) is 8.32. The van der Waals surface area contributed by atoms with E-state index < -0.39 is 43.5 Å². The van der Waals surface area contributed by atoms with Crippen molar-refractivity contribution < 1.29 is 35.9 Å². The van der Waals surface area contributed by atoms with Gasteiger partial charge < -0.3 is 15.0 Å². The average molecular weight is 583 g/mol. The van der Waals surface area contributed by atoms with Gasteiger partial charge in [-0.15, -0.1) is 0 Å². The first-order chi connectivity index (χ1) is 18.1. The third-order valence-electron chi connectivity index (χ3n) is 5.06. The quantitative estimate of drug-likeness (QED) is 0.340. The van der Waals surface area contributed by atoms with Gasteiger partial charge in [0, 0.05) is 26.0 Å². The van der Waals surface area contributed by atoms with Gasteiger partial charge in [0.05, 0.1) is 21.0 Å². The Morgan fingerprint density at radius 2 is 1.82 bits per heavy atom. The number of alkyl halides is 3. The Labute approximate surface area is 227 Å². The Bertz CT molecular complexity index is 1560. The molecule has 9 nitrogen and oxygen atoms in total. The Hall–Kier alpha value is -4.10. The van der Waals surface area contributed by atoms with Gasteiger partial charge in [0.25, 0.3) is 15.9 Å². The lowest BCUT2D eigenvalue weighted by atomic mass is 10.1. The standard InChI is InChI=1S/C25H22ClF3N4O5S/c1-5-22(34)31-15-6-9-21(17(11-15)24(35)33(3)4)38-23-20(10-14(2)13-30-23)32-39(36,37)16-7-8-19(26)18(12-16)25(27,28)29/h5-13,32H,1H2,2-4H3,(H,31,34). The monoisotopic (exact) mass is 582 g/mol. The molecule has 0 aliphatic carbocycles. The Morgan fingerprint density at radius 3 is 2.44 bits per heavy atom. The molecule has 2 amide bonds. The maximum atomic E-state index is 13.3. The first-order valence-corrected chi connectivity index (χ1v) is 12.8. The fraction of sp³-hybridized carbons (Fsp3) is 0.160. The lowest BCUT2D eigenvalue weighted by molar-refractivity contribution is -0.137. The summed E-state index contributed by atoms with van der Waals surface area (Å²) in [4.78, 5) is 29.2. The molecule has 0 aliphatic rings. The minimum atomic E-state index is -4.88. The molecule has 0 saturated carbocycles. The zero-order chi connectivity index (χ0) is 29.1. The fourth-order valence-corrected chi connectivity index (χ4v) is 4.50. The minimum Gasteiger partial charge on any atom is -0.436 e. The molecule has 2 aromatic carbocycles. The molecule has 0 radical (unpaired) electrons. The van der Waals surface area contributed by atoms with Crippen LogP contribution in [0.3, 0.4) is 0 Å². The molecule has 14 heteroatoms. The van der Waals surface area contributed by atoms with E-state index in [-0.39, 0.29) is 28.6 Å². The molecule has 0 fully saturated rings. The topological polar surface area (TPSA) is 118 Å². The zero-order valence-electron chi connectivity index (χ0n) is 20.8. The largest absolute Gasteiger partial charge is 0.436 e. The molecule has 39 heavy (non-hydrogen) atoms. The van der Waals surface area contributed by atoms with Crippen LogP contribution in [0.5, 0.6) is 11.6 Å². The number of hydrogen-bond acceptors (Lipinski definition) is 6. The van der Waals surface area contributed by atoms with Gasteiger partial charge in [0.15, 0.2) is 0 Å². The number of pyridine rings is 1. The van der Waals surface area contributed by atoms with E-state index in [1.165, 1.54) is 49.5 Å². The van der Waals surface area contributed by atoms with Crippen molar-refractivity contribution in [1.29, 1.82) is 0 Å². The SMILES string of the molecule is C=CC(=O)Nc1ccc(Oc2ncc(C)cc2NS(=O)(=O)c2ccc(Cl)c(C(F)(F)F)c2)c(C(=O)N(C)C)c1. The van der Waals surface area contributed by atoms with E-state index in [2.05, 4.69) is 21.6 Å². The highest BCUT2D eigenvalue weighted by atomic mass is 35.5. The second kappa shape index (κ2) is 11.3. The third kappa shape index (κ3) is 7.06. The van der Waals surface area contributed by atoms with Crippen LogP contribution in [-0.2, 0) is 21.0 Å². The van der Waals surface area contributed by atoms with Crippen molar-refractivity contribution in [3.05, 3.63) is 83.0 Å². The molecule has 3 aromatic rings. The number of aromatic nitrogens is 1. The highest BCUT2D eigenvalue weighted by Gasteiger charge is 2.34. The van der Waals surface area contributed by atoms with Gasteiger partial charge in [0.2, 0.25) is 11.8 Å². The number of ether oxygens (including phenoxy) is 1. The van der Waals surface area contributed by atoms with Crippen molar-refractivity contribution in [3.63, 3.8) is 0 Å². The van der Waals surface area contributed by atoms with E-state index in [1.54, 1.807) is 6.92 Å². The van der Waals surface area contributed by atoms with Crippen LogP contribution in [0, 0.1) is 6.92 Å². The third-order valence-corrected chi connectivity index (χ3v) is 6.75. The summed E-state index contributed by atoms with van der Waals surface area (Å²) in [5.41, 5.74) is -0.754. The van der Waals surface area contributed by atoms with Gasteiger partial charge in [0.1, 0.15) is 11.4 Å². The average Bonchev–Trinajstić information content (AvgIpc) is 2.85. The zero-order valence-corrected chi connectivity index (χ0v) is 22.3. The highest BCUT2D eigenvalue weighted by molar-refractivity contribution is 7.92. The molecule has 0 atom stereocenters. The summed E-state index contributed by atoms with van der Waals surface area (Å²) in [6, 6.07) is 7.68. The maximum absolute atomic E-state index is 13.3. The van der Waals surface area contributed by atoms with Crippen LogP contribution < -0.4 is 14.8 Å². The van der Waals surface area contributed by atoms with E-state index in [9.17, 15) is 31.2 Å². The molecule has 0 bridgehead atoms. The summed E-state index contributed by atoms with van der Waals surface area (Å²) >= 11 is 5.61. The summed E-state index contributed by atoms with van der Waals surface area (Å²) in [5, 5.41) is 1.87. The number of anilines is 2. The molecule has 3 rings (SSSR count). The predicted molar refractivity (Wildman–Crippen MR) is 140 cm³/mol. The van der Waals surface area contributed by atoms with Crippen molar-refractivity contribution in [2.24, 2.45) is 0 Å². The normalized spacial score (nSPS) is 11.5. The van der Waals surface area contributed by atoms with Crippen LogP contribution in [-0.4, -0.2) is 44.2 Å². The molecule has 206 valence electrons. The van der Waals surface area contributed by atoms with Crippen LogP contribution in [0.2, 0.25) is 5.02 Å². The molecule has 0 saturated heterocycles. The summed E-state index contributed by atoms with van der Waals surface area (Å²) in [6.07, 6.45) is -2.47. The molecular weight excluding hydrogens is 561 g/mol. The van der Waals surface area contributed by atoms with Crippen molar-refractivity contribution in [1.82, 2.24) is 9.88 Å². The number of hydrogen-bond donors (Lipinski definition) is 2. The number of rotatable bonds is 8. The molecule has 1 aromatic heterocycles. The van der Waals surface area contributed by atoms with E-state index >= 15 is 0 Å². The Balaban J connectivity index is 2.04. The molecule has 2 N–H and O–H groups in total. The highest BCUT2D eigenvalue weighted by Crippen LogP contribution is 2.37. The van der Waals surface area contributed by atoms with Crippen molar-refractivity contribution in [2.45, 2.75) is 18.0 Å². The smallest absolute Gasteiger partial charge is 0.417 e. The van der Waals surface area contributed by atoms with Crippen molar-refractivity contribution >= 4 is 44.8 Å². The number of sulfonamides is 1. The fourth-order valence-electron chi connectivity index (χ4n) is 3.21. The number of benzene rings is 2. The van der Waals surface area contributed by atoms with Gasteiger partial charge in [-0.05, 0) is 61.0 Å². The molecular formula is C25H22ClF3N4O5S. The Kier molecular flexibility index (Phi) is 8.56. The van der Waals surface area contributed by atoms with Crippen LogP contribution in [0.4, 0.5) is 24.5 Å². The summed E-state index contributed by atoms with van der Waals surface area (Å²) < 4.78 is 73.9. The van der Waals surface area contributed by atoms with Crippen molar-refractivity contribution in [2.75, 3.05) is 24.1 Å². The minimum absolute atomic E-state index is 0.00515. The molecule has 0 unspecified atom stereocenters. The summed E-state index contributed by atoms with van der Waals surface area (Å²) in [7, 11) is -1.58. The Morgan fingerprint density at radius 1 is 1.13 bits per heavy atom. The summed E-state index contributed by atoms with van der Waals surface area (Å²) in [5.74, 6) is -1.34. The van der Waals surface area contributed by atoms with Crippen LogP contribution in [0.15, 0.2) is 66.2 Å². The van der Waals surface area contributed by atoms with E-state index in [0.29, 0.717) is 11.6 Å². The number of carbonyl (C=O) groups excluding carboxylic acids is 2. The van der Waals surface area contributed by atoms with Gasteiger partial charge >= 0.3 is 6.18 Å². The van der Waals surface area contributed by atoms with Crippen molar-refractivity contribution in [3.8, 4) is 11.6 Å². The first kappa shape index (κ1) is 29.5. The maximum Gasteiger partial charge on any atom is 0.417 e. The van der Waals surface area contributed by atoms with Gasteiger partial charge in [-0.3, -0.25) is 14.3 Å². The molecule has 1 heterocycles. The molecule has 0 aliphatic heterocycles. The van der Waals surface area contributed by atoms with Crippen LogP contribution >= 0.6 is 11.6 Å². The number of amides is 2. The number of carbonyl (C=O) groups is 2. The van der Waals surface area contributed by atoms with Crippen LogP contribution in [0.25, 0.3) is 0 Å².